The fourth-order valence-electron chi connectivity index (χ4n) is 4.22. The average Bonchev–Trinajstić information content (AvgIpc) is 3.08. The van der Waals surface area contributed by atoms with Crippen molar-refractivity contribution >= 4 is 17.4 Å². The van der Waals surface area contributed by atoms with Gasteiger partial charge in [0.1, 0.15) is 19.0 Å². The Labute approximate surface area is 197 Å². The van der Waals surface area contributed by atoms with Gasteiger partial charge in [-0.2, -0.15) is 0 Å². The van der Waals surface area contributed by atoms with Crippen LogP contribution in [0.2, 0.25) is 0 Å². The lowest BCUT2D eigenvalue weighted by Gasteiger charge is -2.26. The van der Waals surface area contributed by atoms with Crippen LogP contribution in [-0.4, -0.2) is 79.2 Å². The molecule has 0 aliphatic carbocycles. The first-order valence-corrected chi connectivity index (χ1v) is 11.0. The predicted octanol–water partition coefficient (Wildman–Crippen LogP) is 2.55. The van der Waals surface area contributed by atoms with Gasteiger partial charge in [0, 0.05) is 12.1 Å². The number of fused-ring (bicyclic) bond motifs is 1. The molecule has 2 aromatic carbocycles. The van der Waals surface area contributed by atoms with E-state index >= 15 is 0 Å². The van der Waals surface area contributed by atoms with Crippen LogP contribution < -0.4 is 14.2 Å². The number of phenols is 1. The highest BCUT2D eigenvalue weighted by Gasteiger charge is 2.46. The lowest BCUT2D eigenvalue weighted by Crippen LogP contribution is -2.32. The highest BCUT2D eigenvalue weighted by Crippen LogP contribution is 2.42. The standard InChI is InChI=1S/C25H28N2O7/c1-26(2)9-4-10-27-22(15-5-7-17(28)19(13-15)32-3)21(24(30)25(27)31)23(29)16-6-8-18-20(14-16)34-12-11-33-18/h5-8,13-14,22,28-29H,4,9-12H2,1-3H3/b23-21+. The monoisotopic (exact) mass is 468 g/mol. The van der Waals surface area contributed by atoms with Crippen LogP contribution in [0.5, 0.6) is 23.0 Å². The molecule has 0 aromatic heterocycles. The third-order valence-electron chi connectivity index (χ3n) is 5.88. The summed E-state index contributed by atoms with van der Waals surface area (Å²) in [7, 11) is 5.28. The van der Waals surface area contributed by atoms with Crippen LogP contribution in [0.15, 0.2) is 42.0 Å². The van der Waals surface area contributed by atoms with E-state index in [1.807, 2.05) is 19.0 Å². The number of rotatable bonds is 7. The van der Waals surface area contributed by atoms with Crippen molar-refractivity contribution in [1.82, 2.24) is 9.80 Å². The zero-order chi connectivity index (χ0) is 24.4. The maximum Gasteiger partial charge on any atom is 0.295 e. The number of ether oxygens (including phenoxy) is 3. The Balaban J connectivity index is 1.81. The van der Waals surface area contributed by atoms with Gasteiger partial charge in [-0.25, -0.2) is 0 Å². The molecule has 9 heteroatoms. The largest absolute Gasteiger partial charge is 0.507 e. The number of carbonyl (C=O) groups excluding carboxylic acids is 2. The number of Topliss-reactive ketones (excluding diaryl/α,β-unsaturated/α-hetero) is 1. The molecule has 1 saturated heterocycles. The first kappa shape index (κ1) is 23.4. The lowest BCUT2D eigenvalue weighted by atomic mass is 9.94. The minimum absolute atomic E-state index is 0.0285. The number of nitrogens with zero attached hydrogens (tertiary/aromatic N) is 2. The number of amides is 1. The van der Waals surface area contributed by atoms with Crippen LogP contribution in [0.1, 0.15) is 23.6 Å². The van der Waals surface area contributed by atoms with Crippen LogP contribution >= 0.6 is 0 Å². The van der Waals surface area contributed by atoms with E-state index in [9.17, 15) is 19.8 Å². The molecule has 0 radical (unpaired) electrons. The molecule has 1 unspecified atom stereocenters. The molecule has 1 amide bonds. The average molecular weight is 469 g/mol. The van der Waals surface area contributed by atoms with E-state index in [-0.39, 0.29) is 22.8 Å². The van der Waals surface area contributed by atoms with Gasteiger partial charge >= 0.3 is 0 Å². The zero-order valence-electron chi connectivity index (χ0n) is 19.4. The molecule has 2 aliphatic rings. The number of carbonyl (C=O) groups is 2. The molecular formula is C25H28N2O7. The zero-order valence-corrected chi connectivity index (χ0v) is 19.4. The summed E-state index contributed by atoms with van der Waals surface area (Å²) >= 11 is 0. The van der Waals surface area contributed by atoms with E-state index in [1.54, 1.807) is 30.3 Å². The first-order valence-electron chi connectivity index (χ1n) is 11.0. The van der Waals surface area contributed by atoms with Crippen LogP contribution in [0.3, 0.4) is 0 Å². The highest BCUT2D eigenvalue weighted by molar-refractivity contribution is 6.46. The van der Waals surface area contributed by atoms with Crippen LogP contribution in [0, 0.1) is 0 Å². The van der Waals surface area contributed by atoms with E-state index in [1.165, 1.54) is 18.1 Å². The van der Waals surface area contributed by atoms with Crippen molar-refractivity contribution in [3.63, 3.8) is 0 Å². The molecule has 0 saturated carbocycles. The summed E-state index contributed by atoms with van der Waals surface area (Å²) in [4.78, 5) is 29.7. The Hall–Kier alpha value is -3.72. The predicted molar refractivity (Wildman–Crippen MR) is 124 cm³/mol. The van der Waals surface area contributed by atoms with Gasteiger partial charge in [0.15, 0.2) is 23.0 Å². The summed E-state index contributed by atoms with van der Waals surface area (Å²) in [5, 5.41) is 21.3. The maximum absolute atomic E-state index is 13.2. The molecule has 9 nitrogen and oxygen atoms in total. The van der Waals surface area contributed by atoms with Gasteiger partial charge in [-0.05, 0) is 63.0 Å². The number of likely N-dealkylation sites (tertiary alicyclic amines) is 1. The number of aliphatic hydroxyl groups excluding tert-OH is 1. The molecular weight excluding hydrogens is 440 g/mol. The number of methoxy groups -OCH3 is 1. The molecule has 2 heterocycles. The minimum Gasteiger partial charge on any atom is -0.507 e. The third kappa shape index (κ3) is 4.38. The number of ketones is 1. The summed E-state index contributed by atoms with van der Waals surface area (Å²) in [5.41, 5.74) is 0.850. The van der Waals surface area contributed by atoms with Crippen LogP contribution in [0.25, 0.3) is 5.76 Å². The molecule has 2 aromatic rings. The number of phenolic OH excluding ortho intramolecular Hbond substituents is 1. The van der Waals surface area contributed by atoms with Gasteiger partial charge in [-0.15, -0.1) is 0 Å². The number of hydrogen-bond acceptors (Lipinski definition) is 8. The van der Waals surface area contributed by atoms with Crippen molar-refractivity contribution in [2.24, 2.45) is 0 Å². The van der Waals surface area contributed by atoms with Crippen molar-refractivity contribution < 1.29 is 34.0 Å². The normalized spacial score (nSPS) is 19.1. The molecule has 1 atom stereocenters. The summed E-state index contributed by atoms with van der Waals surface area (Å²) in [6.45, 7) is 1.84. The molecule has 180 valence electrons. The van der Waals surface area contributed by atoms with Crippen molar-refractivity contribution in [1.29, 1.82) is 0 Å². The molecule has 0 spiro atoms. The van der Waals surface area contributed by atoms with E-state index in [2.05, 4.69) is 0 Å². The number of aliphatic hydroxyl groups is 1. The fourth-order valence-corrected chi connectivity index (χ4v) is 4.22. The Morgan fingerprint density at radius 2 is 1.85 bits per heavy atom. The molecule has 0 bridgehead atoms. The summed E-state index contributed by atoms with van der Waals surface area (Å²) in [6, 6.07) is 8.67. The number of benzene rings is 2. The fraction of sp³-hybridized carbons (Fsp3) is 0.360. The molecule has 34 heavy (non-hydrogen) atoms. The third-order valence-corrected chi connectivity index (χ3v) is 5.88. The molecule has 2 aliphatic heterocycles. The second-order valence-corrected chi connectivity index (χ2v) is 8.44. The summed E-state index contributed by atoms with van der Waals surface area (Å²) < 4.78 is 16.4. The number of aromatic hydroxyl groups is 1. The second kappa shape index (κ2) is 9.64. The Kier molecular flexibility index (Phi) is 6.65. The van der Waals surface area contributed by atoms with Gasteiger partial charge in [0.2, 0.25) is 0 Å². The Bertz CT molecular complexity index is 1140. The first-order chi connectivity index (χ1) is 16.3. The Morgan fingerprint density at radius 1 is 1.12 bits per heavy atom. The lowest BCUT2D eigenvalue weighted by molar-refractivity contribution is -0.139. The van der Waals surface area contributed by atoms with Gasteiger partial charge in [0.25, 0.3) is 11.7 Å². The molecule has 1 fully saturated rings. The molecule has 4 rings (SSSR count). The van der Waals surface area contributed by atoms with Crippen LogP contribution in [0.4, 0.5) is 0 Å². The van der Waals surface area contributed by atoms with Gasteiger partial charge in [-0.3, -0.25) is 9.59 Å². The van der Waals surface area contributed by atoms with Gasteiger partial charge in [0.05, 0.1) is 18.7 Å². The van der Waals surface area contributed by atoms with Gasteiger partial charge in [-0.1, -0.05) is 6.07 Å². The smallest absolute Gasteiger partial charge is 0.295 e. The van der Waals surface area contributed by atoms with Crippen molar-refractivity contribution in [3.05, 3.63) is 53.1 Å². The summed E-state index contributed by atoms with van der Waals surface area (Å²) in [5.74, 6) is -0.616. The van der Waals surface area contributed by atoms with Crippen LogP contribution in [-0.2, 0) is 9.59 Å². The molecule has 2 N–H and O–H groups in total. The van der Waals surface area contributed by atoms with Crippen molar-refractivity contribution in [2.45, 2.75) is 12.5 Å². The second-order valence-electron chi connectivity index (χ2n) is 8.44. The van der Waals surface area contributed by atoms with Crippen molar-refractivity contribution in [2.75, 3.05) is 47.5 Å². The Morgan fingerprint density at radius 3 is 2.56 bits per heavy atom. The maximum atomic E-state index is 13.2. The van der Waals surface area contributed by atoms with E-state index in [0.29, 0.717) is 48.8 Å². The topological polar surface area (TPSA) is 109 Å². The summed E-state index contributed by atoms with van der Waals surface area (Å²) in [6.07, 6.45) is 0.635. The quantitative estimate of drug-likeness (QED) is 0.363. The van der Waals surface area contributed by atoms with E-state index in [4.69, 9.17) is 14.2 Å². The minimum atomic E-state index is -0.843. The highest BCUT2D eigenvalue weighted by atomic mass is 16.6. The van der Waals surface area contributed by atoms with Gasteiger partial charge < -0.3 is 34.2 Å². The van der Waals surface area contributed by atoms with E-state index < -0.39 is 17.7 Å². The van der Waals surface area contributed by atoms with Crippen molar-refractivity contribution in [3.8, 4) is 23.0 Å². The SMILES string of the molecule is COc1cc(C2/C(=C(\O)c3ccc4c(c3)OCCO4)C(=O)C(=O)N2CCCN(C)C)ccc1O. The number of hydrogen-bond donors (Lipinski definition) is 2. The van der Waals surface area contributed by atoms with E-state index in [0.717, 1.165) is 6.54 Å².